The average molecular weight is 630 g/mol. The van der Waals surface area contributed by atoms with E-state index in [4.69, 9.17) is 5.10 Å². The van der Waals surface area contributed by atoms with E-state index in [1.807, 2.05) is 44.2 Å². The Labute approximate surface area is 269 Å². The van der Waals surface area contributed by atoms with Crippen LogP contribution in [0.15, 0.2) is 60.0 Å². The van der Waals surface area contributed by atoms with Crippen LogP contribution in [0.4, 0.5) is 10.5 Å². The number of carbonyl (C=O) groups is 4. The number of nitrogens with zero attached hydrogens (tertiary/aromatic N) is 5. The summed E-state index contributed by atoms with van der Waals surface area (Å²) in [7, 11) is 0. The number of hydrogen-bond donors (Lipinski definition) is 3. The van der Waals surface area contributed by atoms with Crippen LogP contribution in [0, 0.1) is 5.41 Å². The molecule has 0 saturated heterocycles. The van der Waals surface area contributed by atoms with Gasteiger partial charge in [-0.2, -0.15) is 5.10 Å². The van der Waals surface area contributed by atoms with Gasteiger partial charge in [-0.15, -0.1) is 0 Å². The molecular formula is C34H43N7O5. The summed E-state index contributed by atoms with van der Waals surface area (Å²) in [5.41, 5.74) is 3.97. The van der Waals surface area contributed by atoms with Crippen LogP contribution in [0.2, 0.25) is 0 Å². The Bertz CT molecular complexity index is 1480. The molecule has 1 aromatic heterocycles. The van der Waals surface area contributed by atoms with Gasteiger partial charge in [-0.3, -0.25) is 19.4 Å². The summed E-state index contributed by atoms with van der Waals surface area (Å²) in [4.78, 5) is 57.1. The number of pyridine rings is 1. The number of nitrogens with one attached hydrogen (secondary N) is 2. The highest BCUT2D eigenvalue weighted by molar-refractivity contribution is 6.06. The van der Waals surface area contributed by atoms with E-state index in [1.54, 1.807) is 22.3 Å². The van der Waals surface area contributed by atoms with Crippen LogP contribution < -0.4 is 10.6 Å². The molecule has 3 aliphatic heterocycles. The number of unbranched alkanes of at least 4 members (excludes halogenated alkanes) is 3. The molecule has 2 aromatic rings. The molecule has 1 unspecified atom stereocenters. The monoisotopic (exact) mass is 629 g/mol. The third-order valence-electron chi connectivity index (χ3n) is 8.58. The molecule has 12 heteroatoms. The van der Waals surface area contributed by atoms with Crippen LogP contribution in [-0.2, 0) is 27.5 Å². The molecule has 4 heterocycles. The number of rotatable bonds is 13. The number of aliphatic hydroxyl groups is 1. The Morgan fingerprint density at radius 1 is 0.978 bits per heavy atom. The van der Waals surface area contributed by atoms with Gasteiger partial charge in [0.25, 0.3) is 0 Å². The van der Waals surface area contributed by atoms with Crippen molar-refractivity contribution >= 4 is 35.2 Å². The molecular weight excluding hydrogens is 586 g/mol. The van der Waals surface area contributed by atoms with Gasteiger partial charge in [0.1, 0.15) is 6.23 Å². The second kappa shape index (κ2) is 14.7. The summed E-state index contributed by atoms with van der Waals surface area (Å²) in [6.45, 7) is 6.40. The number of benzene rings is 1. The van der Waals surface area contributed by atoms with Gasteiger partial charge in [0.15, 0.2) is 0 Å². The van der Waals surface area contributed by atoms with Gasteiger partial charge in [0.2, 0.25) is 17.7 Å². The maximum Gasteiger partial charge on any atom is 0.322 e. The SMILES string of the molecule is CC1(C)CC(c2ccc(NC(=O)N3Cc4ccncc4C3)cc2)=NN(CCCCNC(=O)CCCCCN2C(=O)C=CC2O)C1=O. The molecule has 0 radical (unpaired) electrons. The number of urea groups is 1. The predicted molar refractivity (Wildman–Crippen MR) is 173 cm³/mol. The summed E-state index contributed by atoms with van der Waals surface area (Å²) in [6.07, 6.45) is 10.1. The van der Waals surface area contributed by atoms with E-state index >= 15 is 0 Å². The summed E-state index contributed by atoms with van der Waals surface area (Å²) in [5.74, 6) is -0.219. The largest absolute Gasteiger partial charge is 0.370 e. The van der Waals surface area contributed by atoms with Crippen LogP contribution in [0.25, 0.3) is 0 Å². The van der Waals surface area contributed by atoms with E-state index < -0.39 is 11.6 Å². The fraction of sp³-hybridized carbons (Fsp3) is 0.471. The van der Waals surface area contributed by atoms with Gasteiger partial charge in [-0.1, -0.05) is 32.4 Å². The van der Waals surface area contributed by atoms with Crippen LogP contribution >= 0.6 is 0 Å². The minimum Gasteiger partial charge on any atom is -0.370 e. The van der Waals surface area contributed by atoms with Crippen molar-refractivity contribution in [1.29, 1.82) is 0 Å². The zero-order chi connectivity index (χ0) is 32.7. The van der Waals surface area contributed by atoms with E-state index in [2.05, 4.69) is 15.6 Å². The van der Waals surface area contributed by atoms with Crippen molar-refractivity contribution in [2.24, 2.45) is 10.5 Å². The zero-order valence-electron chi connectivity index (χ0n) is 26.6. The Kier molecular flexibility index (Phi) is 10.5. The van der Waals surface area contributed by atoms with Crippen LogP contribution in [0.5, 0.6) is 0 Å². The van der Waals surface area contributed by atoms with Gasteiger partial charge < -0.3 is 25.5 Å². The molecule has 46 heavy (non-hydrogen) atoms. The lowest BCUT2D eigenvalue weighted by Gasteiger charge is -2.34. The van der Waals surface area contributed by atoms with Crippen molar-refractivity contribution in [2.75, 3.05) is 25.0 Å². The van der Waals surface area contributed by atoms with E-state index in [1.165, 1.54) is 17.1 Å². The molecule has 3 N–H and O–H groups in total. The maximum absolute atomic E-state index is 13.1. The number of amides is 5. The highest BCUT2D eigenvalue weighted by Gasteiger charge is 2.38. The highest BCUT2D eigenvalue weighted by atomic mass is 16.3. The third-order valence-corrected chi connectivity index (χ3v) is 8.58. The van der Waals surface area contributed by atoms with Gasteiger partial charge in [0.05, 0.1) is 11.1 Å². The van der Waals surface area contributed by atoms with E-state index in [0.29, 0.717) is 64.1 Å². The molecule has 5 amide bonds. The first kappa shape index (κ1) is 32.8. The Hall–Kier alpha value is -4.58. The Morgan fingerprint density at radius 3 is 2.48 bits per heavy atom. The van der Waals surface area contributed by atoms with Crippen molar-refractivity contribution < 1.29 is 24.3 Å². The number of hydrogen-bond acceptors (Lipinski definition) is 7. The van der Waals surface area contributed by atoms with Gasteiger partial charge in [0, 0.05) is 69.7 Å². The van der Waals surface area contributed by atoms with E-state index in [9.17, 15) is 24.3 Å². The number of carbonyl (C=O) groups excluding carboxylic acids is 4. The van der Waals surface area contributed by atoms with Gasteiger partial charge in [-0.25, -0.2) is 9.80 Å². The second-order valence-corrected chi connectivity index (χ2v) is 12.7. The number of anilines is 1. The first-order chi connectivity index (χ1) is 22.1. The number of aromatic nitrogens is 1. The molecule has 5 rings (SSSR count). The minimum absolute atomic E-state index is 0.0168. The molecule has 0 saturated carbocycles. The lowest BCUT2D eigenvalue weighted by molar-refractivity contribution is -0.141. The third kappa shape index (κ3) is 8.16. The molecule has 0 spiro atoms. The first-order valence-corrected chi connectivity index (χ1v) is 16.0. The molecule has 12 nitrogen and oxygen atoms in total. The van der Waals surface area contributed by atoms with Crippen LogP contribution in [0.3, 0.4) is 0 Å². The summed E-state index contributed by atoms with van der Waals surface area (Å²) < 4.78 is 0. The second-order valence-electron chi connectivity index (χ2n) is 12.7. The quantitative estimate of drug-likeness (QED) is 0.288. The summed E-state index contributed by atoms with van der Waals surface area (Å²) in [5, 5.41) is 21.9. The minimum atomic E-state index is -0.843. The molecule has 0 fully saturated rings. The van der Waals surface area contributed by atoms with Gasteiger partial charge >= 0.3 is 6.03 Å². The van der Waals surface area contributed by atoms with E-state index in [0.717, 1.165) is 41.7 Å². The van der Waals surface area contributed by atoms with Crippen LogP contribution in [-0.4, -0.2) is 80.2 Å². The highest BCUT2D eigenvalue weighted by Crippen LogP contribution is 2.31. The average Bonchev–Trinajstić information content (AvgIpc) is 3.61. The maximum atomic E-state index is 13.1. The number of hydrazone groups is 1. The molecule has 0 aliphatic carbocycles. The fourth-order valence-electron chi connectivity index (χ4n) is 5.88. The molecule has 244 valence electrons. The summed E-state index contributed by atoms with van der Waals surface area (Å²) >= 11 is 0. The topological polar surface area (TPSA) is 148 Å². The smallest absolute Gasteiger partial charge is 0.322 e. The molecule has 3 aliphatic rings. The number of aliphatic hydroxyl groups excluding tert-OH is 1. The van der Waals surface area contributed by atoms with Gasteiger partial charge in [-0.05, 0) is 66.6 Å². The normalized spacial score (nSPS) is 18.5. The number of fused-ring (bicyclic) bond motifs is 1. The van der Waals surface area contributed by atoms with Crippen LogP contribution in [0.1, 0.15) is 75.5 Å². The fourth-order valence-corrected chi connectivity index (χ4v) is 5.88. The van der Waals surface area contributed by atoms with Crippen molar-refractivity contribution in [2.45, 2.75) is 78.1 Å². The van der Waals surface area contributed by atoms with Crippen molar-refractivity contribution in [1.82, 2.24) is 25.1 Å². The zero-order valence-corrected chi connectivity index (χ0v) is 26.6. The lowest BCUT2D eigenvalue weighted by Crippen LogP contribution is -2.44. The first-order valence-electron chi connectivity index (χ1n) is 16.0. The van der Waals surface area contributed by atoms with Crippen molar-refractivity contribution in [3.8, 4) is 0 Å². The molecule has 1 atom stereocenters. The molecule has 0 bridgehead atoms. The predicted octanol–water partition coefficient (Wildman–Crippen LogP) is 3.77. The Balaban J connectivity index is 1.03. The van der Waals surface area contributed by atoms with Crippen molar-refractivity contribution in [3.05, 3.63) is 71.6 Å². The standard InChI is InChI=1S/C34H43N7O5/c1-34(2)20-28(24-9-11-27(12-10-24)37-33(46)39-22-25-15-17-35-21-26(25)23-39)38-41(32(34)45)19-7-5-16-36-29(42)8-4-3-6-18-40-30(43)13-14-31(40)44/h9-15,17,21,30,43H,3-8,16,18-20,22-23H2,1-2H3,(H,36,42)(H,37,46). The van der Waals surface area contributed by atoms with Crippen molar-refractivity contribution in [3.63, 3.8) is 0 Å². The summed E-state index contributed by atoms with van der Waals surface area (Å²) in [6, 6.07) is 9.32. The molecule has 1 aromatic carbocycles. The lowest BCUT2D eigenvalue weighted by atomic mass is 9.82. The van der Waals surface area contributed by atoms with E-state index in [-0.39, 0.29) is 23.8 Å². The Morgan fingerprint density at radius 2 is 1.74 bits per heavy atom.